The number of hydrogen-bond acceptors (Lipinski definition) is 5. The molecule has 0 radical (unpaired) electrons. The Labute approximate surface area is 101 Å². The van der Waals surface area contributed by atoms with E-state index >= 15 is 0 Å². The van der Waals surface area contributed by atoms with E-state index in [1.54, 1.807) is 20.8 Å². The first kappa shape index (κ1) is 13.6. The smallest absolute Gasteiger partial charge is 0.442 e. The first-order valence-electron chi connectivity index (χ1n) is 5.17. The molecule has 94 valence electrons. The maximum Gasteiger partial charge on any atom is 0.467 e. The van der Waals surface area contributed by atoms with Gasteiger partial charge < -0.3 is 14.8 Å². The Morgan fingerprint density at radius 3 is 2.35 bits per heavy atom. The minimum absolute atomic E-state index is 0.194. The van der Waals surface area contributed by atoms with Gasteiger partial charge in [0.15, 0.2) is 0 Å². The Hall–Kier alpha value is -1.47. The topological polar surface area (TPSA) is 82.0 Å². The second-order valence-corrected chi connectivity index (χ2v) is 4.84. The number of hydrazine groups is 1. The molecule has 1 heterocycles. The van der Waals surface area contributed by atoms with Crippen molar-refractivity contribution < 1.29 is 19.6 Å². The summed E-state index contributed by atoms with van der Waals surface area (Å²) < 4.78 is 5.13. The molecule has 1 rings (SSSR count). The van der Waals surface area contributed by atoms with E-state index in [1.165, 1.54) is 0 Å². The number of ether oxygens (including phenoxy) is 1. The highest BCUT2D eigenvalue weighted by molar-refractivity contribution is 6.45. The summed E-state index contributed by atoms with van der Waals surface area (Å²) in [7, 11) is -1.66. The molecule has 3 N–H and O–H groups in total. The largest absolute Gasteiger partial charge is 0.467 e. The number of hydrogen-bond donors (Lipinski definition) is 3. The van der Waals surface area contributed by atoms with Gasteiger partial charge in [-0.1, -0.05) is 13.2 Å². The van der Waals surface area contributed by atoms with Crippen molar-refractivity contribution in [3.05, 3.63) is 24.6 Å². The van der Waals surface area contributed by atoms with Crippen LogP contribution in [0.15, 0.2) is 24.6 Å². The SMILES string of the molecule is C=C1NN(C(=O)OC(C)(C)C)C(=C)C1B(O)O. The van der Waals surface area contributed by atoms with E-state index in [1.807, 2.05) is 0 Å². The summed E-state index contributed by atoms with van der Waals surface area (Å²) in [4.78, 5) is 11.8. The highest BCUT2D eigenvalue weighted by atomic mass is 16.6. The molecule has 7 heteroatoms. The van der Waals surface area contributed by atoms with E-state index in [9.17, 15) is 4.79 Å². The molecule has 1 amide bonds. The van der Waals surface area contributed by atoms with Crippen molar-refractivity contribution in [1.29, 1.82) is 0 Å². The Balaban J connectivity index is 2.79. The first-order valence-corrected chi connectivity index (χ1v) is 5.17. The van der Waals surface area contributed by atoms with Gasteiger partial charge in [-0.05, 0) is 20.8 Å². The van der Waals surface area contributed by atoms with Crippen LogP contribution in [0.5, 0.6) is 0 Å². The number of nitrogens with zero attached hydrogens (tertiary/aromatic N) is 1. The molecule has 1 aliphatic rings. The van der Waals surface area contributed by atoms with Gasteiger partial charge >= 0.3 is 13.2 Å². The molecular weight excluding hydrogens is 223 g/mol. The Bertz CT molecular complexity index is 362. The molecule has 1 aliphatic heterocycles. The van der Waals surface area contributed by atoms with Gasteiger partial charge in [0.25, 0.3) is 0 Å². The van der Waals surface area contributed by atoms with Crippen LogP contribution in [-0.4, -0.2) is 33.9 Å². The summed E-state index contributed by atoms with van der Waals surface area (Å²) in [6.07, 6.45) is -0.660. The van der Waals surface area contributed by atoms with Gasteiger partial charge in [0.05, 0.1) is 5.82 Å². The van der Waals surface area contributed by atoms with Crippen molar-refractivity contribution in [2.45, 2.75) is 32.2 Å². The second-order valence-electron chi connectivity index (χ2n) is 4.84. The molecule has 0 bridgehead atoms. The molecule has 1 unspecified atom stereocenters. The zero-order valence-corrected chi connectivity index (χ0v) is 10.2. The fourth-order valence-corrected chi connectivity index (χ4v) is 1.45. The average molecular weight is 240 g/mol. The highest BCUT2D eigenvalue weighted by Crippen LogP contribution is 2.33. The van der Waals surface area contributed by atoms with Crippen LogP contribution in [0.2, 0.25) is 5.82 Å². The molecule has 0 aliphatic carbocycles. The third kappa shape index (κ3) is 3.01. The zero-order chi connectivity index (χ0) is 13.4. The van der Waals surface area contributed by atoms with Gasteiger partial charge in [-0.3, -0.25) is 5.43 Å². The van der Waals surface area contributed by atoms with E-state index in [0.717, 1.165) is 5.01 Å². The van der Waals surface area contributed by atoms with Crippen LogP contribution in [0, 0.1) is 0 Å². The average Bonchev–Trinajstić information content (AvgIpc) is 2.38. The lowest BCUT2D eigenvalue weighted by atomic mass is 9.70. The molecule has 1 fully saturated rings. The normalized spacial score (nSPS) is 20.3. The van der Waals surface area contributed by atoms with Crippen molar-refractivity contribution in [2.75, 3.05) is 0 Å². The third-order valence-corrected chi connectivity index (χ3v) is 2.15. The van der Waals surface area contributed by atoms with Gasteiger partial charge in [0.2, 0.25) is 0 Å². The van der Waals surface area contributed by atoms with Crippen molar-refractivity contribution in [3.63, 3.8) is 0 Å². The van der Waals surface area contributed by atoms with Gasteiger partial charge in [0, 0.05) is 11.4 Å². The molecule has 6 nitrogen and oxygen atoms in total. The predicted octanol–water partition coefficient (Wildman–Crippen LogP) is 0.612. The van der Waals surface area contributed by atoms with E-state index in [4.69, 9.17) is 14.8 Å². The Morgan fingerprint density at radius 1 is 1.47 bits per heavy atom. The summed E-state index contributed by atoms with van der Waals surface area (Å²) in [5.41, 5.74) is 2.44. The summed E-state index contributed by atoms with van der Waals surface area (Å²) in [5, 5.41) is 19.3. The van der Waals surface area contributed by atoms with Gasteiger partial charge in [-0.2, -0.15) is 5.01 Å². The lowest BCUT2D eigenvalue weighted by Gasteiger charge is -2.24. The Kier molecular flexibility index (Phi) is 3.54. The van der Waals surface area contributed by atoms with Crippen molar-refractivity contribution in [1.82, 2.24) is 10.4 Å². The molecule has 0 spiro atoms. The lowest BCUT2D eigenvalue weighted by Crippen LogP contribution is -2.39. The van der Waals surface area contributed by atoms with Crippen LogP contribution >= 0.6 is 0 Å². The third-order valence-electron chi connectivity index (χ3n) is 2.15. The monoisotopic (exact) mass is 240 g/mol. The predicted molar refractivity (Wildman–Crippen MR) is 63.4 cm³/mol. The second kappa shape index (κ2) is 4.42. The molecule has 0 aromatic heterocycles. The number of nitrogens with one attached hydrogen (secondary N) is 1. The fraction of sp³-hybridized carbons (Fsp3) is 0.500. The van der Waals surface area contributed by atoms with Crippen LogP contribution in [0.1, 0.15) is 20.8 Å². The van der Waals surface area contributed by atoms with Crippen LogP contribution in [-0.2, 0) is 4.74 Å². The fourth-order valence-electron chi connectivity index (χ4n) is 1.45. The van der Waals surface area contributed by atoms with Crippen molar-refractivity contribution >= 4 is 13.2 Å². The maximum atomic E-state index is 11.8. The molecular formula is C10H17BN2O4. The number of rotatable bonds is 1. The van der Waals surface area contributed by atoms with Crippen LogP contribution in [0.4, 0.5) is 4.79 Å². The minimum atomic E-state index is -1.66. The molecule has 0 saturated carbocycles. The summed E-state index contributed by atoms with van der Waals surface area (Å²) >= 11 is 0. The van der Waals surface area contributed by atoms with Gasteiger partial charge in [0.1, 0.15) is 5.60 Å². The Morgan fingerprint density at radius 2 is 2.00 bits per heavy atom. The summed E-state index contributed by atoms with van der Waals surface area (Å²) in [6, 6.07) is 0. The van der Waals surface area contributed by atoms with E-state index in [0.29, 0.717) is 0 Å². The standard InChI is InChI=1S/C10H17BN2O4/c1-6-8(11(15)16)7(2)13(12-6)9(14)17-10(3,4)5/h8,12,15-16H,1-2H2,3-5H3. The number of carbonyl (C=O) groups excluding carboxylic acids is 1. The van der Waals surface area contributed by atoms with Crippen LogP contribution in [0.3, 0.4) is 0 Å². The number of carbonyl (C=O) groups is 1. The van der Waals surface area contributed by atoms with Gasteiger partial charge in [-0.15, -0.1) is 0 Å². The van der Waals surface area contributed by atoms with E-state index in [2.05, 4.69) is 18.6 Å². The number of amides is 1. The summed E-state index contributed by atoms with van der Waals surface area (Å²) in [5.74, 6) is -0.817. The lowest BCUT2D eigenvalue weighted by molar-refractivity contribution is 0.0276. The molecule has 17 heavy (non-hydrogen) atoms. The molecule has 1 saturated heterocycles. The zero-order valence-electron chi connectivity index (χ0n) is 10.2. The van der Waals surface area contributed by atoms with Gasteiger partial charge in [-0.25, -0.2) is 4.79 Å². The maximum absolute atomic E-state index is 11.8. The van der Waals surface area contributed by atoms with E-state index in [-0.39, 0.29) is 11.4 Å². The van der Waals surface area contributed by atoms with Crippen LogP contribution in [0.25, 0.3) is 0 Å². The minimum Gasteiger partial charge on any atom is -0.442 e. The quantitative estimate of drug-likeness (QED) is 0.585. The van der Waals surface area contributed by atoms with Crippen LogP contribution < -0.4 is 5.43 Å². The molecule has 0 aromatic rings. The van der Waals surface area contributed by atoms with E-state index < -0.39 is 24.6 Å². The highest BCUT2D eigenvalue weighted by Gasteiger charge is 2.41. The first-order chi connectivity index (χ1) is 7.63. The van der Waals surface area contributed by atoms with Crippen molar-refractivity contribution in [3.8, 4) is 0 Å². The summed E-state index contributed by atoms with van der Waals surface area (Å²) in [6.45, 7) is 12.4. The molecule has 0 aromatic carbocycles. The van der Waals surface area contributed by atoms with Crippen molar-refractivity contribution in [2.24, 2.45) is 0 Å². The molecule has 1 atom stereocenters.